The molecule has 5 heteroatoms. The fourth-order valence-electron chi connectivity index (χ4n) is 10.2. The van der Waals surface area contributed by atoms with Gasteiger partial charge < -0.3 is 14.2 Å². The van der Waals surface area contributed by atoms with Crippen molar-refractivity contribution in [3.63, 3.8) is 0 Å². The maximum Gasteiger partial charge on any atom is 0.256 e. The molecule has 0 atom stereocenters. The number of fused-ring (bicyclic) bond motifs is 10. The Balaban J connectivity index is 1.15. The van der Waals surface area contributed by atoms with Gasteiger partial charge >= 0.3 is 0 Å². The molecule has 0 bridgehead atoms. The third-order valence-corrected chi connectivity index (χ3v) is 14.4. The summed E-state index contributed by atoms with van der Waals surface area (Å²) in [5.74, 6) is 1.85. The first-order valence-corrected chi connectivity index (χ1v) is 22.6. The first kappa shape index (κ1) is 36.3. The minimum atomic E-state index is -0.118. The quantitative estimate of drug-likeness (QED) is 0.156. The molecule has 2 aliphatic rings. The lowest BCUT2D eigenvalue weighted by Gasteiger charge is -2.42. The SMILES string of the molecule is CCCCc1ccc2c(sc3ccccc32)c1N1c2ccc(-c3ccccc3)cc2B2c3ccc(-n4c5ccccc5c5ccccc54)cc3Oc3cc(C(C)(C)C)cc1c32. The normalized spacial score (nSPS) is 13.2. The Bertz CT molecular complexity index is 3340. The van der Waals surface area contributed by atoms with E-state index in [1.54, 1.807) is 0 Å². The van der Waals surface area contributed by atoms with Crippen molar-refractivity contribution in [2.45, 2.75) is 52.4 Å². The molecule has 0 aliphatic carbocycles. The van der Waals surface area contributed by atoms with Crippen molar-refractivity contribution in [3.05, 3.63) is 175 Å². The number of para-hydroxylation sites is 2. The number of aromatic nitrogens is 1. The smallest absolute Gasteiger partial charge is 0.256 e. The number of unbranched alkanes of at least 4 members (excludes halogenated alkanes) is 1. The molecular weight excluding hydrogens is 760 g/mol. The van der Waals surface area contributed by atoms with Gasteiger partial charge in [-0.2, -0.15) is 0 Å². The topological polar surface area (TPSA) is 17.4 Å². The Labute approximate surface area is 361 Å². The molecule has 0 N–H and O–H groups in total. The molecule has 0 unspecified atom stereocenters. The summed E-state index contributed by atoms with van der Waals surface area (Å²) in [6, 6.07) is 61.0. The van der Waals surface area contributed by atoms with Gasteiger partial charge in [0.2, 0.25) is 0 Å². The van der Waals surface area contributed by atoms with E-state index in [0.29, 0.717) is 0 Å². The van der Waals surface area contributed by atoms with E-state index in [4.69, 9.17) is 4.74 Å². The molecule has 0 radical (unpaired) electrons. The first-order valence-electron chi connectivity index (χ1n) is 21.8. The highest BCUT2D eigenvalue weighted by Crippen LogP contribution is 2.50. The molecule has 0 saturated carbocycles. The van der Waals surface area contributed by atoms with Gasteiger partial charge in [-0.3, -0.25) is 0 Å². The highest BCUT2D eigenvalue weighted by Gasteiger charge is 2.44. The van der Waals surface area contributed by atoms with Crippen LogP contribution in [0.1, 0.15) is 51.7 Å². The van der Waals surface area contributed by atoms with Crippen LogP contribution in [0, 0.1) is 0 Å². The monoisotopic (exact) mass is 804 g/mol. The molecule has 61 heavy (non-hydrogen) atoms. The summed E-state index contributed by atoms with van der Waals surface area (Å²) >= 11 is 1.93. The molecule has 12 rings (SSSR count). The van der Waals surface area contributed by atoms with E-state index in [1.165, 1.54) is 97.7 Å². The number of aryl methyl sites for hydroxylation is 1. The van der Waals surface area contributed by atoms with Crippen LogP contribution in [-0.4, -0.2) is 11.3 Å². The average molecular weight is 805 g/mol. The van der Waals surface area contributed by atoms with Crippen LogP contribution in [0.2, 0.25) is 0 Å². The summed E-state index contributed by atoms with van der Waals surface area (Å²) in [5.41, 5.74) is 15.9. The molecule has 0 amide bonds. The first-order chi connectivity index (χ1) is 29.9. The molecule has 2 aromatic heterocycles. The van der Waals surface area contributed by atoms with E-state index in [-0.39, 0.29) is 12.1 Å². The summed E-state index contributed by atoms with van der Waals surface area (Å²) in [6.07, 6.45) is 3.28. The van der Waals surface area contributed by atoms with Gasteiger partial charge in [-0.25, -0.2) is 0 Å². The second kappa shape index (κ2) is 13.7. The second-order valence-corrected chi connectivity index (χ2v) is 19.0. The third kappa shape index (κ3) is 5.56. The Morgan fingerprint density at radius 1 is 0.590 bits per heavy atom. The number of hydrogen-bond donors (Lipinski definition) is 0. The van der Waals surface area contributed by atoms with Gasteiger partial charge in [0.05, 0.1) is 21.4 Å². The van der Waals surface area contributed by atoms with E-state index in [2.05, 4.69) is 201 Å². The number of thiophene rings is 1. The number of ether oxygens (including phenoxy) is 1. The summed E-state index contributed by atoms with van der Waals surface area (Å²) in [7, 11) is 0. The molecule has 0 spiro atoms. The summed E-state index contributed by atoms with van der Waals surface area (Å²) in [6.45, 7) is 9.23. The number of anilines is 3. The molecule has 2 aliphatic heterocycles. The highest BCUT2D eigenvalue weighted by molar-refractivity contribution is 7.26. The largest absolute Gasteiger partial charge is 0.458 e. The van der Waals surface area contributed by atoms with Gasteiger partial charge in [0, 0.05) is 49.4 Å². The fraction of sp³-hybridized carbons (Fsp3) is 0.143. The lowest BCUT2D eigenvalue weighted by Crippen LogP contribution is -2.59. The molecule has 294 valence electrons. The van der Waals surface area contributed by atoms with Crippen molar-refractivity contribution in [3.8, 4) is 28.3 Å². The zero-order valence-corrected chi connectivity index (χ0v) is 35.8. The van der Waals surface area contributed by atoms with Crippen molar-refractivity contribution in [2.24, 2.45) is 0 Å². The van der Waals surface area contributed by atoms with E-state index in [9.17, 15) is 0 Å². The second-order valence-electron chi connectivity index (χ2n) is 17.9. The number of benzene rings is 8. The third-order valence-electron chi connectivity index (χ3n) is 13.2. The number of rotatable bonds is 6. The van der Waals surface area contributed by atoms with Gasteiger partial charge in [0.25, 0.3) is 6.71 Å². The molecular formula is C56H45BN2OS. The van der Waals surface area contributed by atoms with Crippen molar-refractivity contribution < 1.29 is 4.74 Å². The van der Waals surface area contributed by atoms with Crippen LogP contribution in [-0.2, 0) is 11.8 Å². The van der Waals surface area contributed by atoms with Gasteiger partial charge in [-0.15, -0.1) is 11.3 Å². The summed E-state index contributed by atoms with van der Waals surface area (Å²) in [5, 5.41) is 5.15. The van der Waals surface area contributed by atoms with Gasteiger partial charge in [0.15, 0.2) is 0 Å². The van der Waals surface area contributed by atoms with Crippen LogP contribution >= 0.6 is 11.3 Å². The van der Waals surface area contributed by atoms with Crippen molar-refractivity contribution in [2.75, 3.05) is 4.90 Å². The maximum absolute atomic E-state index is 7.33. The Hall–Kier alpha value is -6.56. The fourth-order valence-corrected chi connectivity index (χ4v) is 11.5. The summed E-state index contributed by atoms with van der Waals surface area (Å²) < 4.78 is 12.4. The predicted octanol–water partition coefficient (Wildman–Crippen LogP) is 13.9. The highest BCUT2D eigenvalue weighted by atomic mass is 32.1. The van der Waals surface area contributed by atoms with Gasteiger partial charge in [0.1, 0.15) is 11.5 Å². The van der Waals surface area contributed by atoms with E-state index < -0.39 is 0 Å². The van der Waals surface area contributed by atoms with Crippen molar-refractivity contribution >= 4 is 93.5 Å². The zero-order chi connectivity index (χ0) is 41.0. The molecule has 10 aromatic rings. The van der Waals surface area contributed by atoms with Gasteiger partial charge in [-0.05, 0) is 99.4 Å². The average Bonchev–Trinajstić information content (AvgIpc) is 3.84. The molecule has 8 aromatic carbocycles. The van der Waals surface area contributed by atoms with Gasteiger partial charge in [-0.1, -0.05) is 149 Å². The van der Waals surface area contributed by atoms with Crippen LogP contribution in [0.4, 0.5) is 17.1 Å². The standard InChI is InChI=1S/C56H45BN2OS/c1-5-6-16-36-25-28-43-42-21-12-15-24-52(42)61-55(43)54(36)59-48-30-26-37(35-17-8-7-9-18-35)31-45(48)57-44-29-27-39(58-46-22-13-10-19-40(46)41-20-11-14-23-47(41)58)34-50(44)60-51-33-38(56(2,3)4)32-49(59)53(51)57/h7-15,17-34H,5-6,16H2,1-4H3. The lowest BCUT2D eigenvalue weighted by molar-refractivity contribution is 0.483. The minimum Gasteiger partial charge on any atom is -0.458 e. The maximum atomic E-state index is 7.33. The van der Waals surface area contributed by atoms with Crippen LogP contribution in [0.15, 0.2) is 164 Å². The van der Waals surface area contributed by atoms with Crippen LogP contribution in [0.3, 0.4) is 0 Å². The van der Waals surface area contributed by atoms with E-state index in [1.807, 2.05) is 11.3 Å². The molecule has 0 saturated heterocycles. The Kier molecular flexibility index (Phi) is 8.18. The predicted molar refractivity (Wildman–Crippen MR) is 262 cm³/mol. The molecule has 0 fully saturated rings. The Morgan fingerprint density at radius 3 is 2.07 bits per heavy atom. The number of hydrogen-bond acceptors (Lipinski definition) is 3. The number of nitrogens with zero attached hydrogens (tertiary/aromatic N) is 2. The van der Waals surface area contributed by atoms with Crippen LogP contribution < -0.4 is 26.0 Å². The van der Waals surface area contributed by atoms with E-state index >= 15 is 0 Å². The molecule has 3 nitrogen and oxygen atoms in total. The Morgan fingerprint density at radius 2 is 1.31 bits per heavy atom. The van der Waals surface area contributed by atoms with Crippen molar-refractivity contribution in [1.29, 1.82) is 0 Å². The minimum absolute atomic E-state index is 0.0365. The lowest BCUT2D eigenvalue weighted by atomic mass is 9.34. The van der Waals surface area contributed by atoms with E-state index in [0.717, 1.165) is 36.4 Å². The summed E-state index contributed by atoms with van der Waals surface area (Å²) in [4.78, 5) is 2.64. The zero-order valence-electron chi connectivity index (χ0n) is 35.0. The van der Waals surface area contributed by atoms with Crippen LogP contribution in [0.5, 0.6) is 11.5 Å². The molecule has 4 heterocycles. The van der Waals surface area contributed by atoms with Crippen molar-refractivity contribution in [1.82, 2.24) is 4.57 Å². The van der Waals surface area contributed by atoms with Crippen LogP contribution in [0.25, 0.3) is 58.8 Å².